The lowest BCUT2D eigenvalue weighted by Gasteiger charge is -2.09. The zero-order chi connectivity index (χ0) is 13.0. The lowest BCUT2D eigenvalue weighted by molar-refractivity contribution is 0.409. The molecule has 0 saturated carbocycles. The first-order valence-corrected chi connectivity index (χ1v) is 5.52. The number of rotatable bonds is 5. The Hall–Kier alpha value is -2.33. The summed E-state index contributed by atoms with van der Waals surface area (Å²) in [5, 5.41) is 4.52. The fraction of sp³-hybridized carbons (Fsp3) is 0.333. The van der Waals surface area contributed by atoms with Crippen LogP contribution in [0, 0.1) is 0 Å². The van der Waals surface area contributed by atoms with Gasteiger partial charge in [0, 0.05) is 29.6 Å². The maximum atomic E-state index is 8.30. The Labute approximate surface area is 104 Å². The van der Waals surface area contributed by atoms with Crippen LogP contribution in [0.1, 0.15) is 0 Å². The standard InChI is InChI=1S/C12H14N4O2/c1-17-10-3-4-11(18-2)12-9(10)5-7-16(12)8-6-14-15-13/h3-5,7H,6,8H2,1-2H3. The van der Waals surface area contributed by atoms with Crippen molar-refractivity contribution in [3.05, 3.63) is 34.8 Å². The Morgan fingerprint density at radius 1 is 1.22 bits per heavy atom. The van der Waals surface area contributed by atoms with Gasteiger partial charge in [-0.25, -0.2) is 0 Å². The molecular weight excluding hydrogens is 232 g/mol. The highest BCUT2D eigenvalue weighted by molar-refractivity contribution is 5.91. The Kier molecular flexibility index (Phi) is 3.60. The fourth-order valence-corrected chi connectivity index (χ4v) is 1.99. The number of methoxy groups -OCH3 is 2. The fourth-order valence-electron chi connectivity index (χ4n) is 1.99. The van der Waals surface area contributed by atoms with E-state index in [1.54, 1.807) is 14.2 Å². The van der Waals surface area contributed by atoms with Gasteiger partial charge in [-0.15, -0.1) is 0 Å². The summed E-state index contributed by atoms with van der Waals surface area (Å²) in [4.78, 5) is 2.75. The number of azide groups is 1. The first-order chi connectivity index (χ1) is 8.81. The van der Waals surface area contributed by atoms with Gasteiger partial charge >= 0.3 is 0 Å². The molecule has 1 heterocycles. The molecule has 2 rings (SSSR count). The van der Waals surface area contributed by atoms with Crippen molar-refractivity contribution in [2.45, 2.75) is 6.54 Å². The molecule has 0 amide bonds. The number of aromatic nitrogens is 1. The van der Waals surface area contributed by atoms with Crippen molar-refractivity contribution in [1.29, 1.82) is 0 Å². The quantitative estimate of drug-likeness (QED) is 0.462. The van der Waals surface area contributed by atoms with E-state index in [4.69, 9.17) is 15.0 Å². The summed E-state index contributed by atoms with van der Waals surface area (Å²) in [6, 6.07) is 5.71. The maximum Gasteiger partial charge on any atom is 0.143 e. The smallest absolute Gasteiger partial charge is 0.143 e. The van der Waals surface area contributed by atoms with E-state index in [0.29, 0.717) is 13.1 Å². The van der Waals surface area contributed by atoms with Crippen molar-refractivity contribution in [3.8, 4) is 11.5 Å². The van der Waals surface area contributed by atoms with Crippen molar-refractivity contribution in [1.82, 2.24) is 4.57 Å². The average molecular weight is 246 g/mol. The zero-order valence-corrected chi connectivity index (χ0v) is 10.3. The molecule has 0 aliphatic rings. The molecule has 6 nitrogen and oxygen atoms in total. The summed E-state index contributed by atoms with van der Waals surface area (Å²) in [5.74, 6) is 1.57. The molecular formula is C12H14N4O2. The predicted molar refractivity (Wildman–Crippen MR) is 69.1 cm³/mol. The number of fused-ring (bicyclic) bond motifs is 1. The summed E-state index contributed by atoms with van der Waals surface area (Å²) in [6.45, 7) is 1.01. The summed E-state index contributed by atoms with van der Waals surface area (Å²) in [7, 11) is 3.27. The van der Waals surface area contributed by atoms with Crippen LogP contribution < -0.4 is 9.47 Å². The van der Waals surface area contributed by atoms with Crippen LogP contribution in [0.15, 0.2) is 29.5 Å². The lowest BCUT2D eigenvalue weighted by Crippen LogP contribution is -2.00. The highest BCUT2D eigenvalue weighted by atomic mass is 16.5. The van der Waals surface area contributed by atoms with Crippen molar-refractivity contribution in [2.24, 2.45) is 5.11 Å². The summed E-state index contributed by atoms with van der Waals surface area (Å²) in [6.07, 6.45) is 1.93. The molecule has 94 valence electrons. The number of hydrogen-bond acceptors (Lipinski definition) is 3. The van der Waals surface area contributed by atoms with Gasteiger partial charge in [-0.2, -0.15) is 0 Å². The number of hydrogen-bond donors (Lipinski definition) is 0. The van der Waals surface area contributed by atoms with Crippen molar-refractivity contribution < 1.29 is 9.47 Å². The van der Waals surface area contributed by atoms with E-state index < -0.39 is 0 Å². The highest BCUT2D eigenvalue weighted by Crippen LogP contribution is 2.33. The first-order valence-electron chi connectivity index (χ1n) is 5.52. The molecule has 0 unspecified atom stereocenters. The zero-order valence-electron chi connectivity index (χ0n) is 10.3. The molecule has 18 heavy (non-hydrogen) atoms. The number of nitrogens with zero attached hydrogens (tertiary/aromatic N) is 4. The monoisotopic (exact) mass is 246 g/mol. The second-order valence-corrected chi connectivity index (χ2v) is 3.70. The van der Waals surface area contributed by atoms with Crippen LogP contribution in [0.3, 0.4) is 0 Å². The summed E-state index contributed by atoms with van der Waals surface area (Å²) >= 11 is 0. The molecule has 1 aromatic carbocycles. The van der Waals surface area contributed by atoms with Gasteiger partial charge in [0.1, 0.15) is 11.5 Å². The van der Waals surface area contributed by atoms with Gasteiger partial charge in [-0.1, -0.05) is 5.11 Å². The van der Waals surface area contributed by atoms with Crippen LogP contribution in [0.2, 0.25) is 0 Å². The van der Waals surface area contributed by atoms with E-state index in [2.05, 4.69) is 10.0 Å². The second kappa shape index (κ2) is 5.33. The minimum absolute atomic E-state index is 0.403. The van der Waals surface area contributed by atoms with Crippen LogP contribution in [0.4, 0.5) is 0 Å². The van der Waals surface area contributed by atoms with Crippen molar-refractivity contribution in [2.75, 3.05) is 20.8 Å². The van der Waals surface area contributed by atoms with Gasteiger partial charge in [0.05, 0.1) is 19.7 Å². The van der Waals surface area contributed by atoms with Crippen LogP contribution in [-0.2, 0) is 6.54 Å². The van der Waals surface area contributed by atoms with Crippen LogP contribution >= 0.6 is 0 Å². The second-order valence-electron chi connectivity index (χ2n) is 3.70. The topological polar surface area (TPSA) is 72.2 Å². The van der Waals surface area contributed by atoms with E-state index in [1.165, 1.54) is 0 Å². The lowest BCUT2D eigenvalue weighted by atomic mass is 10.2. The third-order valence-electron chi connectivity index (χ3n) is 2.79. The minimum atomic E-state index is 0.403. The molecule has 0 bridgehead atoms. The van der Waals surface area contributed by atoms with Gasteiger partial charge < -0.3 is 14.0 Å². The Bertz CT molecular complexity index is 599. The molecule has 2 aromatic rings. The normalized spacial score (nSPS) is 10.1. The van der Waals surface area contributed by atoms with E-state index in [-0.39, 0.29) is 0 Å². The van der Waals surface area contributed by atoms with Crippen LogP contribution in [-0.4, -0.2) is 25.3 Å². The molecule has 1 aromatic heterocycles. The largest absolute Gasteiger partial charge is 0.496 e. The third-order valence-corrected chi connectivity index (χ3v) is 2.79. The predicted octanol–water partition coefficient (Wildman–Crippen LogP) is 2.97. The van der Waals surface area contributed by atoms with Crippen LogP contribution in [0.5, 0.6) is 11.5 Å². The summed E-state index contributed by atoms with van der Waals surface area (Å²) in [5.41, 5.74) is 9.24. The number of benzene rings is 1. The summed E-state index contributed by atoms with van der Waals surface area (Å²) < 4.78 is 12.7. The van der Waals surface area contributed by atoms with Gasteiger partial charge in [-0.3, -0.25) is 0 Å². The van der Waals surface area contributed by atoms with Gasteiger partial charge in [-0.05, 0) is 23.7 Å². The number of ether oxygens (including phenoxy) is 2. The molecule has 0 radical (unpaired) electrons. The Balaban J connectivity index is 2.50. The Morgan fingerprint density at radius 3 is 2.61 bits per heavy atom. The molecule has 0 saturated heterocycles. The van der Waals surface area contributed by atoms with Crippen LogP contribution in [0.25, 0.3) is 21.3 Å². The van der Waals surface area contributed by atoms with Crippen molar-refractivity contribution >= 4 is 10.9 Å². The maximum absolute atomic E-state index is 8.30. The minimum Gasteiger partial charge on any atom is -0.496 e. The van der Waals surface area contributed by atoms with E-state index >= 15 is 0 Å². The van der Waals surface area contributed by atoms with E-state index in [9.17, 15) is 0 Å². The van der Waals surface area contributed by atoms with Gasteiger partial charge in [0.25, 0.3) is 0 Å². The molecule has 0 atom stereocenters. The highest BCUT2D eigenvalue weighted by Gasteiger charge is 2.11. The van der Waals surface area contributed by atoms with E-state index in [1.807, 2.05) is 29.0 Å². The molecule has 6 heteroatoms. The molecule has 0 N–H and O–H groups in total. The average Bonchev–Trinajstić information content (AvgIpc) is 2.82. The molecule has 0 fully saturated rings. The Morgan fingerprint density at radius 2 is 1.94 bits per heavy atom. The van der Waals surface area contributed by atoms with Gasteiger partial charge in [0.15, 0.2) is 0 Å². The SMILES string of the molecule is COc1ccc(OC)c2c1ccn2CCN=[N+]=[N-]. The van der Waals surface area contributed by atoms with Gasteiger partial charge in [0.2, 0.25) is 0 Å². The first kappa shape index (κ1) is 12.1. The third kappa shape index (κ3) is 2.06. The van der Waals surface area contributed by atoms with E-state index in [0.717, 1.165) is 22.4 Å². The van der Waals surface area contributed by atoms with Crippen molar-refractivity contribution in [3.63, 3.8) is 0 Å². The molecule has 0 aliphatic heterocycles. The molecule has 0 aliphatic carbocycles. The molecule has 0 spiro atoms.